The predicted octanol–water partition coefficient (Wildman–Crippen LogP) is 2.91. The number of nitrogens with zero attached hydrogens (tertiary/aromatic N) is 1. The third-order valence-corrected chi connectivity index (χ3v) is 4.15. The maximum absolute atomic E-state index is 11.9. The van der Waals surface area contributed by atoms with E-state index in [9.17, 15) is 4.79 Å². The number of thiophene rings is 1. The van der Waals surface area contributed by atoms with Crippen molar-refractivity contribution in [3.63, 3.8) is 0 Å². The van der Waals surface area contributed by atoms with Gasteiger partial charge in [-0.25, -0.2) is 4.98 Å². The highest BCUT2D eigenvalue weighted by atomic mass is 32.1. The second-order valence-corrected chi connectivity index (χ2v) is 5.60. The summed E-state index contributed by atoms with van der Waals surface area (Å²) in [5, 5.41) is 5.15. The number of rotatable bonds is 4. The molecule has 3 rings (SSSR count). The van der Waals surface area contributed by atoms with Crippen molar-refractivity contribution < 1.29 is 4.74 Å². The zero-order chi connectivity index (χ0) is 14.8. The molecule has 2 heterocycles. The predicted molar refractivity (Wildman–Crippen MR) is 85.3 cm³/mol. The molecule has 2 N–H and O–H groups in total. The van der Waals surface area contributed by atoms with Crippen LogP contribution in [0.4, 0.5) is 5.69 Å². The summed E-state index contributed by atoms with van der Waals surface area (Å²) in [5.41, 5.74) is 2.72. The number of anilines is 1. The lowest BCUT2D eigenvalue weighted by atomic mass is 10.2. The Morgan fingerprint density at radius 1 is 1.38 bits per heavy atom. The fraction of sp³-hybridized carbons (Fsp3) is 0.200. The molecular weight excluding hydrogens is 286 g/mol. The van der Waals surface area contributed by atoms with E-state index in [2.05, 4.69) is 15.3 Å². The first-order valence-corrected chi connectivity index (χ1v) is 7.40. The van der Waals surface area contributed by atoms with E-state index in [1.54, 1.807) is 7.11 Å². The van der Waals surface area contributed by atoms with Crippen molar-refractivity contribution in [3.05, 3.63) is 51.4 Å². The van der Waals surface area contributed by atoms with Crippen LogP contribution in [0.2, 0.25) is 0 Å². The highest BCUT2D eigenvalue weighted by Gasteiger charge is 2.06. The minimum absolute atomic E-state index is 0.0850. The summed E-state index contributed by atoms with van der Waals surface area (Å²) >= 11 is 1.40. The minimum atomic E-state index is -0.0850. The van der Waals surface area contributed by atoms with Crippen molar-refractivity contribution in [2.24, 2.45) is 0 Å². The summed E-state index contributed by atoms with van der Waals surface area (Å²) in [6.45, 7) is 2.47. The van der Waals surface area contributed by atoms with Crippen LogP contribution in [-0.4, -0.2) is 17.1 Å². The molecule has 2 aromatic heterocycles. The summed E-state index contributed by atoms with van der Waals surface area (Å²) in [4.78, 5) is 19.1. The van der Waals surface area contributed by atoms with Crippen molar-refractivity contribution in [2.75, 3.05) is 12.4 Å². The van der Waals surface area contributed by atoms with Gasteiger partial charge in [-0.1, -0.05) is 0 Å². The normalized spacial score (nSPS) is 10.8. The van der Waals surface area contributed by atoms with E-state index in [1.807, 2.05) is 36.6 Å². The van der Waals surface area contributed by atoms with Gasteiger partial charge in [0.25, 0.3) is 5.56 Å². The largest absolute Gasteiger partial charge is 0.497 e. The van der Waals surface area contributed by atoms with Crippen molar-refractivity contribution in [2.45, 2.75) is 13.5 Å². The monoisotopic (exact) mass is 301 g/mol. The van der Waals surface area contributed by atoms with Crippen LogP contribution in [0.3, 0.4) is 0 Å². The van der Waals surface area contributed by atoms with Crippen LogP contribution < -0.4 is 15.6 Å². The average molecular weight is 301 g/mol. The van der Waals surface area contributed by atoms with Crippen LogP contribution in [-0.2, 0) is 6.54 Å². The first kappa shape index (κ1) is 13.6. The Bertz CT molecular complexity index is 838. The number of methoxy groups -OCH3 is 1. The summed E-state index contributed by atoms with van der Waals surface area (Å²) in [6, 6.07) is 7.67. The van der Waals surface area contributed by atoms with E-state index in [1.165, 1.54) is 11.3 Å². The van der Waals surface area contributed by atoms with Gasteiger partial charge in [0.2, 0.25) is 0 Å². The molecule has 0 bridgehead atoms. The molecule has 0 aliphatic rings. The summed E-state index contributed by atoms with van der Waals surface area (Å²) in [7, 11) is 1.65. The molecule has 1 aromatic carbocycles. The molecule has 6 heteroatoms. The van der Waals surface area contributed by atoms with Gasteiger partial charge < -0.3 is 15.0 Å². The number of H-pyrrole nitrogens is 1. The molecule has 3 aromatic rings. The molecule has 0 atom stereocenters. The first-order chi connectivity index (χ1) is 10.2. The first-order valence-electron chi connectivity index (χ1n) is 6.52. The van der Waals surface area contributed by atoms with Crippen LogP contribution >= 0.6 is 11.3 Å². The van der Waals surface area contributed by atoms with Crippen LogP contribution in [0.25, 0.3) is 10.2 Å². The number of aromatic nitrogens is 2. The number of hydrogen-bond acceptors (Lipinski definition) is 5. The van der Waals surface area contributed by atoms with Gasteiger partial charge in [-0.15, -0.1) is 11.3 Å². The third-order valence-electron chi connectivity index (χ3n) is 3.24. The minimum Gasteiger partial charge on any atom is -0.497 e. The standard InChI is InChI=1S/C15H15N3O2S/c1-9-7-10(20-2)3-4-11(9)16-8-13-17-12-5-6-21-14(12)15(19)18-13/h3-7,16H,8H2,1-2H3,(H,17,18,19). The van der Waals surface area contributed by atoms with Gasteiger partial charge in [-0.05, 0) is 42.1 Å². The Hall–Kier alpha value is -2.34. The number of ether oxygens (including phenoxy) is 1. The average Bonchev–Trinajstić information content (AvgIpc) is 2.95. The fourth-order valence-electron chi connectivity index (χ4n) is 2.15. The number of benzene rings is 1. The smallest absolute Gasteiger partial charge is 0.268 e. The second-order valence-electron chi connectivity index (χ2n) is 4.68. The SMILES string of the molecule is COc1ccc(NCc2nc3ccsc3c(=O)[nH]2)c(C)c1. The molecule has 0 saturated carbocycles. The number of nitrogens with one attached hydrogen (secondary N) is 2. The van der Waals surface area contributed by atoms with Crippen LogP contribution in [0, 0.1) is 6.92 Å². The molecule has 0 aliphatic heterocycles. The molecule has 0 amide bonds. The van der Waals surface area contributed by atoms with E-state index in [-0.39, 0.29) is 5.56 Å². The number of fused-ring (bicyclic) bond motifs is 1. The molecule has 5 nitrogen and oxygen atoms in total. The highest BCUT2D eigenvalue weighted by Crippen LogP contribution is 2.21. The van der Waals surface area contributed by atoms with E-state index >= 15 is 0 Å². The van der Waals surface area contributed by atoms with Gasteiger partial charge in [-0.3, -0.25) is 4.79 Å². The maximum atomic E-state index is 11.9. The maximum Gasteiger partial charge on any atom is 0.268 e. The Labute approximate surface area is 125 Å². The van der Waals surface area contributed by atoms with Crippen LogP contribution in [0.5, 0.6) is 5.75 Å². The van der Waals surface area contributed by atoms with E-state index in [0.717, 1.165) is 22.5 Å². The van der Waals surface area contributed by atoms with Crippen molar-refractivity contribution >= 4 is 27.2 Å². The second kappa shape index (κ2) is 5.57. The van der Waals surface area contributed by atoms with Crippen molar-refractivity contribution in [3.8, 4) is 5.75 Å². The molecule has 0 spiro atoms. The Morgan fingerprint density at radius 2 is 2.24 bits per heavy atom. The van der Waals surface area contributed by atoms with Crippen LogP contribution in [0.15, 0.2) is 34.4 Å². The van der Waals surface area contributed by atoms with Gasteiger partial charge in [-0.2, -0.15) is 0 Å². The molecular formula is C15H15N3O2S. The van der Waals surface area contributed by atoms with Crippen molar-refractivity contribution in [1.82, 2.24) is 9.97 Å². The molecule has 0 unspecified atom stereocenters. The highest BCUT2D eigenvalue weighted by molar-refractivity contribution is 7.17. The molecule has 0 radical (unpaired) electrons. The molecule has 21 heavy (non-hydrogen) atoms. The van der Waals surface area contributed by atoms with E-state index in [0.29, 0.717) is 17.1 Å². The van der Waals surface area contributed by atoms with E-state index < -0.39 is 0 Å². The number of hydrogen-bond donors (Lipinski definition) is 2. The zero-order valence-electron chi connectivity index (χ0n) is 11.8. The quantitative estimate of drug-likeness (QED) is 0.777. The fourth-order valence-corrected chi connectivity index (χ4v) is 2.87. The summed E-state index contributed by atoms with van der Waals surface area (Å²) < 4.78 is 5.85. The lowest BCUT2D eigenvalue weighted by Gasteiger charge is -2.10. The topological polar surface area (TPSA) is 67.0 Å². The number of aromatic amines is 1. The Morgan fingerprint density at radius 3 is 3.00 bits per heavy atom. The van der Waals surface area contributed by atoms with Crippen LogP contribution in [0.1, 0.15) is 11.4 Å². The Balaban J connectivity index is 1.81. The molecule has 0 fully saturated rings. The van der Waals surface area contributed by atoms with Gasteiger partial charge in [0.05, 0.1) is 19.2 Å². The third kappa shape index (κ3) is 2.75. The summed E-state index contributed by atoms with van der Waals surface area (Å²) in [5.74, 6) is 1.45. The lowest BCUT2D eigenvalue weighted by molar-refractivity contribution is 0.414. The molecule has 0 aliphatic carbocycles. The molecule has 0 saturated heterocycles. The lowest BCUT2D eigenvalue weighted by Crippen LogP contribution is -2.13. The van der Waals surface area contributed by atoms with Crippen molar-refractivity contribution in [1.29, 1.82) is 0 Å². The van der Waals surface area contributed by atoms with Gasteiger partial charge in [0.15, 0.2) is 0 Å². The summed E-state index contributed by atoms with van der Waals surface area (Å²) in [6.07, 6.45) is 0. The van der Waals surface area contributed by atoms with Gasteiger partial charge >= 0.3 is 0 Å². The van der Waals surface area contributed by atoms with Gasteiger partial charge in [0, 0.05) is 5.69 Å². The zero-order valence-corrected chi connectivity index (χ0v) is 12.6. The van der Waals surface area contributed by atoms with Gasteiger partial charge in [0.1, 0.15) is 16.3 Å². The van der Waals surface area contributed by atoms with E-state index in [4.69, 9.17) is 4.74 Å². The molecule has 108 valence electrons. The Kier molecular flexibility index (Phi) is 3.62. The number of aryl methyl sites for hydroxylation is 1.